The number of aryl methyl sites for hydroxylation is 2. The summed E-state index contributed by atoms with van der Waals surface area (Å²) in [5.41, 5.74) is 3.18. The van der Waals surface area contributed by atoms with Gasteiger partial charge in [-0.25, -0.2) is 13.4 Å². The van der Waals surface area contributed by atoms with Crippen LogP contribution in [-0.2, 0) is 10.0 Å². The first-order chi connectivity index (χ1) is 15.3. The van der Waals surface area contributed by atoms with Gasteiger partial charge in [-0.3, -0.25) is 9.10 Å². The van der Waals surface area contributed by atoms with E-state index < -0.39 is 10.0 Å². The summed E-state index contributed by atoms with van der Waals surface area (Å²) in [4.78, 5) is 21.6. The number of nitrogens with zero attached hydrogens (tertiary/aromatic N) is 5. The molecule has 2 aliphatic rings. The molecule has 0 aliphatic carbocycles. The van der Waals surface area contributed by atoms with E-state index in [9.17, 15) is 18.5 Å². The molecule has 168 valence electrons. The van der Waals surface area contributed by atoms with Crippen LogP contribution in [0.3, 0.4) is 0 Å². The van der Waals surface area contributed by atoms with Crippen molar-refractivity contribution in [2.45, 2.75) is 26.7 Å². The lowest BCUT2D eigenvalue weighted by Gasteiger charge is -2.36. The van der Waals surface area contributed by atoms with Gasteiger partial charge in [-0.15, -0.1) is 0 Å². The Balaban J connectivity index is 1.49. The van der Waals surface area contributed by atoms with Gasteiger partial charge < -0.3 is 9.80 Å². The van der Waals surface area contributed by atoms with Gasteiger partial charge in [0, 0.05) is 38.9 Å². The highest BCUT2D eigenvalue weighted by molar-refractivity contribution is 7.92. The van der Waals surface area contributed by atoms with E-state index in [0.717, 1.165) is 23.4 Å². The minimum Gasteiger partial charge on any atom is -0.353 e. The Morgan fingerprint density at radius 3 is 2.47 bits per heavy atom. The number of carbonyl (C=O) groups excluding carboxylic acids is 1. The Hall–Kier alpha value is -3.12. The standard InChI is InChI=1S/C23H27N5O3S/c1-17-13-18(2)22(25-16-17)26-8-10-27(11-9-26)23(29)21-6-5-20(14-19(21)15-24)28-7-3-4-12-32(28,30)31/h5-6,13-14,16H,3-4,7-12H2,1-2H3. The smallest absolute Gasteiger partial charge is 0.255 e. The fourth-order valence-corrected chi connectivity index (χ4v) is 6.01. The second kappa shape index (κ2) is 8.79. The molecule has 0 atom stereocenters. The van der Waals surface area contributed by atoms with Crippen LogP contribution in [0.15, 0.2) is 30.5 Å². The summed E-state index contributed by atoms with van der Waals surface area (Å²) in [5.74, 6) is 0.838. The number of hydrogen-bond acceptors (Lipinski definition) is 6. The molecule has 2 aromatic rings. The summed E-state index contributed by atoms with van der Waals surface area (Å²) in [7, 11) is -3.38. The number of pyridine rings is 1. The fourth-order valence-electron chi connectivity index (χ4n) is 4.38. The average molecular weight is 454 g/mol. The lowest BCUT2D eigenvalue weighted by Crippen LogP contribution is -2.49. The molecule has 1 aromatic carbocycles. The summed E-state index contributed by atoms with van der Waals surface area (Å²) in [6.07, 6.45) is 3.27. The molecule has 2 aliphatic heterocycles. The lowest BCUT2D eigenvalue weighted by atomic mass is 10.1. The van der Waals surface area contributed by atoms with Crippen molar-refractivity contribution in [3.05, 3.63) is 52.7 Å². The Morgan fingerprint density at radius 2 is 1.81 bits per heavy atom. The van der Waals surface area contributed by atoms with Crippen LogP contribution in [0.1, 0.15) is 39.9 Å². The van der Waals surface area contributed by atoms with Crippen LogP contribution in [-0.4, -0.2) is 62.7 Å². The molecule has 2 saturated heterocycles. The predicted octanol–water partition coefficient (Wildman–Crippen LogP) is 2.46. The lowest BCUT2D eigenvalue weighted by molar-refractivity contribution is 0.0746. The Morgan fingerprint density at radius 1 is 1.06 bits per heavy atom. The number of amides is 1. The first-order valence-electron chi connectivity index (χ1n) is 10.8. The maximum atomic E-state index is 13.2. The van der Waals surface area contributed by atoms with E-state index in [4.69, 9.17) is 0 Å². The third-order valence-corrected chi connectivity index (χ3v) is 7.91. The van der Waals surface area contributed by atoms with Crippen molar-refractivity contribution >= 4 is 27.4 Å². The zero-order valence-corrected chi connectivity index (χ0v) is 19.2. The van der Waals surface area contributed by atoms with Gasteiger partial charge in [0.05, 0.1) is 22.6 Å². The van der Waals surface area contributed by atoms with E-state index in [0.29, 0.717) is 50.4 Å². The zero-order valence-electron chi connectivity index (χ0n) is 18.4. The molecule has 0 radical (unpaired) electrons. The molecule has 4 rings (SSSR count). The number of carbonyl (C=O) groups is 1. The van der Waals surface area contributed by atoms with Gasteiger partial charge in [-0.2, -0.15) is 5.26 Å². The van der Waals surface area contributed by atoms with Crippen molar-refractivity contribution in [3.63, 3.8) is 0 Å². The molecule has 0 saturated carbocycles. The van der Waals surface area contributed by atoms with E-state index in [1.807, 2.05) is 20.0 Å². The summed E-state index contributed by atoms with van der Waals surface area (Å²) < 4.78 is 26.1. The van der Waals surface area contributed by atoms with E-state index in [2.05, 4.69) is 22.0 Å². The predicted molar refractivity (Wildman–Crippen MR) is 123 cm³/mol. The summed E-state index contributed by atoms with van der Waals surface area (Å²) in [5, 5.41) is 9.66. The molecule has 9 heteroatoms. The number of piperazine rings is 1. The molecule has 3 heterocycles. The van der Waals surface area contributed by atoms with E-state index in [1.165, 1.54) is 10.4 Å². The molecular weight excluding hydrogens is 426 g/mol. The Labute approximate surface area is 189 Å². The van der Waals surface area contributed by atoms with Crippen molar-refractivity contribution in [3.8, 4) is 6.07 Å². The molecular formula is C23H27N5O3S. The SMILES string of the molecule is Cc1cnc(N2CCN(C(=O)c3ccc(N4CCCCS4(=O)=O)cc3C#N)CC2)c(C)c1. The van der Waals surface area contributed by atoms with Crippen LogP contribution in [0.2, 0.25) is 0 Å². The molecule has 1 aromatic heterocycles. The van der Waals surface area contributed by atoms with Crippen LogP contribution < -0.4 is 9.21 Å². The molecule has 0 spiro atoms. The van der Waals surface area contributed by atoms with Gasteiger partial charge in [0.1, 0.15) is 11.9 Å². The number of benzene rings is 1. The van der Waals surface area contributed by atoms with Crippen LogP contribution in [0.5, 0.6) is 0 Å². The minimum atomic E-state index is -3.38. The van der Waals surface area contributed by atoms with Crippen molar-refractivity contribution in [2.75, 3.05) is 47.7 Å². The first-order valence-corrected chi connectivity index (χ1v) is 12.4. The van der Waals surface area contributed by atoms with Crippen molar-refractivity contribution in [1.82, 2.24) is 9.88 Å². The maximum Gasteiger partial charge on any atom is 0.255 e. The summed E-state index contributed by atoms with van der Waals surface area (Å²) in [6, 6.07) is 8.91. The van der Waals surface area contributed by atoms with Gasteiger partial charge >= 0.3 is 0 Å². The maximum absolute atomic E-state index is 13.2. The number of anilines is 2. The summed E-state index contributed by atoms with van der Waals surface area (Å²) >= 11 is 0. The molecule has 8 nitrogen and oxygen atoms in total. The van der Waals surface area contributed by atoms with Crippen LogP contribution in [0.4, 0.5) is 11.5 Å². The van der Waals surface area contributed by atoms with Crippen LogP contribution in [0.25, 0.3) is 0 Å². The second-order valence-electron chi connectivity index (χ2n) is 8.37. The topological polar surface area (TPSA) is 97.6 Å². The quantitative estimate of drug-likeness (QED) is 0.708. The van der Waals surface area contributed by atoms with Gasteiger partial charge in [0.2, 0.25) is 10.0 Å². The van der Waals surface area contributed by atoms with E-state index >= 15 is 0 Å². The number of sulfonamides is 1. The largest absolute Gasteiger partial charge is 0.353 e. The van der Waals surface area contributed by atoms with Crippen molar-refractivity contribution in [2.24, 2.45) is 0 Å². The molecule has 2 fully saturated rings. The van der Waals surface area contributed by atoms with Gasteiger partial charge in [0.15, 0.2) is 0 Å². The van der Waals surface area contributed by atoms with Gasteiger partial charge in [0.25, 0.3) is 5.91 Å². The van der Waals surface area contributed by atoms with Crippen LogP contribution in [0, 0.1) is 25.2 Å². The number of rotatable bonds is 3. The molecule has 32 heavy (non-hydrogen) atoms. The van der Waals surface area contributed by atoms with Crippen LogP contribution >= 0.6 is 0 Å². The Bertz CT molecular complexity index is 1180. The third-order valence-electron chi connectivity index (χ3n) is 6.05. The number of nitriles is 1. The first kappa shape index (κ1) is 22.1. The van der Waals surface area contributed by atoms with Gasteiger partial charge in [-0.05, 0) is 56.0 Å². The normalized spacial score (nSPS) is 18.3. The minimum absolute atomic E-state index is 0.106. The molecule has 0 N–H and O–H groups in total. The monoisotopic (exact) mass is 453 g/mol. The summed E-state index contributed by atoms with van der Waals surface area (Å²) in [6.45, 7) is 6.83. The van der Waals surface area contributed by atoms with E-state index in [1.54, 1.807) is 17.0 Å². The highest BCUT2D eigenvalue weighted by atomic mass is 32.2. The fraction of sp³-hybridized carbons (Fsp3) is 0.435. The zero-order chi connectivity index (χ0) is 22.9. The average Bonchev–Trinajstić information content (AvgIpc) is 2.78. The van der Waals surface area contributed by atoms with E-state index in [-0.39, 0.29) is 17.2 Å². The van der Waals surface area contributed by atoms with Crippen molar-refractivity contribution < 1.29 is 13.2 Å². The van der Waals surface area contributed by atoms with Crippen molar-refractivity contribution in [1.29, 1.82) is 5.26 Å². The molecule has 1 amide bonds. The molecule has 0 bridgehead atoms. The van der Waals surface area contributed by atoms with Gasteiger partial charge in [-0.1, -0.05) is 6.07 Å². The Kier molecular flexibility index (Phi) is 6.07. The third kappa shape index (κ3) is 4.28. The number of aromatic nitrogens is 1. The number of hydrogen-bond donors (Lipinski definition) is 0. The highest BCUT2D eigenvalue weighted by Gasteiger charge is 2.29. The second-order valence-corrected chi connectivity index (χ2v) is 10.4. The molecule has 0 unspecified atom stereocenters. The highest BCUT2D eigenvalue weighted by Crippen LogP contribution is 2.27.